The second-order valence-corrected chi connectivity index (χ2v) is 4.90. The Morgan fingerprint density at radius 2 is 1.65 bits per heavy atom. The van der Waals surface area contributed by atoms with E-state index in [0.29, 0.717) is 26.7 Å². The third-order valence-electron chi connectivity index (χ3n) is 2.98. The maximum Gasteiger partial charge on any atom is 0.125 e. The fourth-order valence-corrected chi connectivity index (χ4v) is 2.68. The van der Waals surface area contributed by atoms with Crippen LogP contribution < -0.4 is 0 Å². The van der Waals surface area contributed by atoms with Crippen molar-refractivity contribution in [1.82, 2.24) is 0 Å². The zero-order chi connectivity index (χ0) is 12.2. The molecule has 0 unspecified atom stereocenters. The van der Waals surface area contributed by atoms with E-state index in [9.17, 15) is 10.2 Å². The number of fused-ring (bicyclic) bond motifs is 3. The molecule has 1 atom stereocenters. The Balaban J connectivity index is 2.35. The van der Waals surface area contributed by atoms with E-state index in [-0.39, 0.29) is 5.75 Å². The molecule has 0 spiro atoms. The normalized spacial score (nSPS) is 16.8. The topological polar surface area (TPSA) is 40.5 Å². The Labute approximate surface area is 108 Å². The van der Waals surface area contributed by atoms with Crippen LogP contribution in [0.4, 0.5) is 0 Å². The number of benzene rings is 2. The van der Waals surface area contributed by atoms with Crippen LogP contribution in [-0.2, 0) is 0 Å². The third kappa shape index (κ3) is 1.53. The van der Waals surface area contributed by atoms with Crippen LogP contribution in [0.2, 0.25) is 10.0 Å². The van der Waals surface area contributed by atoms with Gasteiger partial charge in [-0.3, -0.25) is 0 Å². The smallest absolute Gasteiger partial charge is 0.125 e. The molecule has 86 valence electrons. The van der Waals surface area contributed by atoms with E-state index >= 15 is 0 Å². The summed E-state index contributed by atoms with van der Waals surface area (Å²) in [5.74, 6) is 0.0765. The van der Waals surface area contributed by atoms with Gasteiger partial charge in [0.2, 0.25) is 0 Å². The van der Waals surface area contributed by atoms with Gasteiger partial charge in [-0.05, 0) is 41.0 Å². The Morgan fingerprint density at radius 3 is 2.41 bits per heavy atom. The van der Waals surface area contributed by atoms with Crippen LogP contribution in [0.1, 0.15) is 17.2 Å². The van der Waals surface area contributed by atoms with Crippen LogP contribution in [0.5, 0.6) is 5.75 Å². The summed E-state index contributed by atoms with van der Waals surface area (Å²) in [6.45, 7) is 0. The second-order valence-electron chi connectivity index (χ2n) is 4.02. The fourth-order valence-electron chi connectivity index (χ4n) is 2.28. The first-order valence-corrected chi connectivity index (χ1v) is 5.84. The molecule has 2 aromatic carbocycles. The molecule has 0 bridgehead atoms. The van der Waals surface area contributed by atoms with Gasteiger partial charge in [-0.1, -0.05) is 29.3 Å². The lowest BCUT2D eigenvalue weighted by Crippen LogP contribution is -1.93. The van der Waals surface area contributed by atoms with Crippen molar-refractivity contribution in [2.75, 3.05) is 0 Å². The molecule has 2 N–H and O–H groups in total. The molecule has 0 aromatic heterocycles. The highest BCUT2D eigenvalue weighted by atomic mass is 35.5. The average Bonchev–Trinajstić information content (AvgIpc) is 2.53. The van der Waals surface area contributed by atoms with Gasteiger partial charge in [0.15, 0.2) is 0 Å². The Bertz CT molecular complexity index is 623. The van der Waals surface area contributed by atoms with Crippen LogP contribution >= 0.6 is 23.2 Å². The van der Waals surface area contributed by atoms with E-state index in [4.69, 9.17) is 23.2 Å². The van der Waals surface area contributed by atoms with Gasteiger partial charge in [-0.15, -0.1) is 0 Å². The van der Waals surface area contributed by atoms with Crippen molar-refractivity contribution in [3.05, 3.63) is 51.5 Å². The average molecular weight is 267 g/mol. The van der Waals surface area contributed by atoms with Crippen LogP contribution in [-0.4, -0.2) is 10.2 Å². The number of phenols is 1. The maximum atomic E-state index is 10.2. The van der Waals surface area contributed by atoms with E-state index in [2.05, 4.69) is 0 Å². The van der Waals surface area contributed by atoms with E-state index in [1.807, 2.05) is 0 Å². The SMILES string of the molecule is Oc1cc(Cl)cc2c1-c1ccc(Cl)cc1[C@H]2O. The quantitative estimate of drug-likeness (QED) is 0.762. The molecule has 0 aliphatic heterocycles. The maximum absolute atomic E-state index is 10.2. The van der Waals surface area contributed by atoms with Gasteiger partial charge in [0.25, 0.3) is 0 Å². The Morgan fingerprint density at radius 1 is 0.941 bits per heavy atom. The van der Waals surface area contributed by atoms with Crippen molar-refractivity contribution in [1.29, 1.82) is 0 Å². The van der Waals surface area contributed by atoms with Crippen LogP contribution in [0.25, 0.3) is 11.1 Å². The largest absolute Gasteiger partial charge is 0.507 e. The molecule has 1 aliphatic rings. The number of aliphatic hydroxyl groups is 1. The number of rotatable bonds is 0. The van der Waals surface area contributed by atoms with Gasteiger partial charge in [-0.2, -0.15) is 0 Å². The molecule has 1 aliphatic carbocycles. The summed E-state index contributed by atoms with van der Waals surface area (Å²) in [6.07, 6.45) is -0.789. The molecule has 4 heteroatoms. The lowest BCUT2D eigenvalue weighted by molar-refractivity contribution is 0.225. The summed E-state index contributed by atoms with van der Waals surface area (Å²) < 4.78 is 0. The van der Waals surface area contributed by atoms with E-state index < -0.39 is 6.10 Å². The summed E-state index contributed by atoms with van der Waals surface area (Å²) in [7, 11) is 0. The highest BCUT2D eigenvalue weighted by molar-refractivity contribution is 6.31. The van der Waals surface area contributed by atoms with E-state index in [1.54, 1.807) is 24.3 Å². The zero-order valence-electron chi connectivity index (χ0n) is 8.61. The predicted octanol–water partition coefficient (Wildman–Crippen LogP) is 3.76. The molecule has 3 rings (SSSR count). The molecular formula is C13H8Cl2O2. The van der Waals surface area contributed by atoms with Crippen molar-refractivity contribution in [2.24, 2.45) is 0 Å². The monoisotopic (exact) mass is 266 g/mol. The molecule has 0 fully saturated rings. The first kappa shape index (κ1) is 10.9. The molecule has 0 radical (unpaired) electrons. The Kier molecular flexibility index (Phi) is 2.33. The highest BCUT2D eigenvalue weighted by Crippen LogP contribution is 2.49. The first-order chi connectivity index (χ1) is 8.08. The van der Waals surface area contributed by atoms with Crippen molar-refractivity contribution in [2.45, 2.75) is 6.10 Å². The van der Waals surface area contributed by atoms with Gasteiger partial charge >= 0.3 is 0 Å². The molecule has 0 saturated heterocycles. The van der Waals surface area contributed by atoms with Crippen molar-refractivity contribution >= 4 is 23.2 Å². The summed E-state index contributed by atoms with van der Waals surface area (Å²) in [4.78, 5) is 0. The van der Waals surface area contributed by atoms with Gasteiger partial charge in [0.1, 0.15) is 11.9 Å². The number of halogens is 2. The standard InChI is InChI=1S/C13H8Cl2O2/c14-6-1-2-8-9(3-6)13(17)10-4-7(15)5-11(16)12(8)10/h1-5,13,16-17H/t13-/m1/s1. The number of hydrogen-bond donors (Lipinski definition) is 2. The first-order valence-electron chi connectivity index (χ1n) is 5.08. The molecular weight excluding hydrogens is 259 g/mol. The predicted molar refractivity (Wildman–Crippen MR) is 67.6 cm³/mol. The number of phenolic OH excluding ortho intramolecular Hbond substituents is 1. The number of aromatic hydroxyl groups is 1. The lowest BCUT2D eigenvalue weighted by Gasteiger charge is -2.06. The minimum absolute atomic E-state index is 0.0765. The van der Waals surface area contributed by atoms with Crippen molar-refractivity contribution in [3.8, 4) is 16.9 Å². The molecule has 2 nitrogen and oxygen atoms in total. The highest BCUT2D eigenvalue weighted by Gasteiger charge is 2.30. The molecule has 2 aromatic rings. The fraction of sp³-hybridized carbons (Fsp3) is 0.0769. The number of aliphatic hydroxyl groups excluding tert-OH is 1. The lowest BCUT2D eigenvalue weighted by atomic mass is 10.1. The molecule has 0 amide bonds. The molecule has 17 heavy (non-hydrogen) atoms. The molecule has 0 heterocycles. The van der Waals surface area contributed by atoms with E-state index in [0.717, 1.165) is 5.56 Å². The summed E-state index contributed by atoms with van der Waals surface area (Å²) in [5.41, 5.74) is 2.75. The molecule has 0 saturated carbocycles. The van der Waals surface area contributed by atoms with Gasteiger partial charge in [0, 0.05) is 15.6 Å². The van der Waals surface area contributed by atoms with Gasteiger partial charge in [-0.25, -0.2) is 0 Å². The minimum Gasteiger partial charge on any atom is -0.507 e. The minimum atomic E-state index is -0.789. The van der Waals surface area contributed by atoms with Gasteiger partial charge < -0.3 is 10.2 Å². The summed E-state index contributed by atoms with van der Waals surface area (Å²) >= 11 is 11.8. The van der Waals surface area contributed by atoms with E-state index in [1.165, 1.54) is 6.07 Å². The van der Waals surface area contributed by atoms with Crippen LogP contribution in [0.15, 0.2) is 30.3 Å². The summed E-state index contributed by atoms with van der Waals surface area (Å²) in [6, 6.07) is 8.36. The van der Waals surface area contributed by atoms with Crippen LogP contribution in [0, 0.1) is 0 Å². The summed E-state index contributed by atoms with van der Waals surface area (Å²) in [5, 5.41) is 21.1. The Hall–Kier alpha value is -1.22. The van der Waals surface area contributed by atoms with Gasteiger partial charge in [0.05, 0.1) is 0 Å². The third-order valence-corrected chi connectivity index (χ3v) is 3.44. The zero-order valence-corrected chi connectivity index (χ0v) is 10.1. The van der Waals surface area contributed by atoms with Crippen molar-refractivity contribution < 1.29 is 10.2 Å². The number of hydrogen-bond acceptors (Lipinski definition) is 2. The second kappa shape index (κ2) is 3.64. The van der Waals surface area contributed by atoms with Crippen LogP contribution in [0.3, 0.4) is 0 Å². The van der Waals surface area contributed by atoms with Crippen molar-refractivity contribution in [3.63, 3.8) is 0 Å².